The van der Waals surface area contributed by atoms with Crippen molar-refractivity contribution in [3.8, 4) is 5.19 Å². The van der Waals surface area contributed by atoms with E-state index in [1.807, 2.05) is 0 Å². The van der Waals surface area contributed by atoms with Crippen molar-refractivity contribution in [2.45, 2.75) is 13.1 Å². The van der Waals surface area contributed by atoms with Gasteiger partial charge in [-0.25, -0.2) is 0 Å². The standard InChI is InChI=1S/C7H8F3N3O2S/c1-2-11-4(14)3-15-6-13-12-5(16-6)7(8,9)10/h2-3H2,1H3,(H,11,14). The molecule has 1 rings (SSSR count). The summed E-state index contributed by atoms with van der Waals surface area (Å²) in [6.45, 7) is 1.76. The lowest BCUT2D eigenvalue weighted by Gasteiger charge is -2.01. The van der Waals surface area contributed by atoms with Gasteiger partial charge in [-0.3, -0.25) is 4.79 Å². The number of amides is 1. The van der Waals surface area contributed by atoms with Crippen LogP contribution >= 0.6 is 11.3 Å². The lowest BCUT2D eigenvalue weighted by Crippen LogP contribution is -2.28. The second-order valence-corrected chi connectivity index (χ2v) is 3.55. The van der Waals surface area contributed by atoms with E-state index < -0.39 is 17.1 Å². The highest BCUT2D eigenvalue weighted by Crippen LogP contribution is 2.33. The zero-order valence-corrected chi connectivity index (χ0v) is 8.98. The van der Waals surface area contributed by atoms with Gasteiger partial charge in [0.25, 0.3) is 11.1 Å². The summed E-state index contributed by atoms with van der Waals surface area (Å²) in [7, 11) is 0. The minimum Gasteiger partial charge on any atom is -0.459 e. The summed E-state index contributed by atoms with van der Waals surface area (Å²) in [6, 6.07) is 0. The number of likely N-dealkylation sites (N-methyl/N-ethyl adjacent to an activating group) is 1. The number of ether oxygens (including phenoxy) is 1. The molecule has 1 aromatic rings. The summed E-state index contributed by atoms with van der Waals surface area (Å²) in [4.78, 5) is 10.9. The maximum Gasteiger partial charge on any atom is 0.445 e. The van der Waals surface area contributed by atoms with Crippen molar-refractivity contribution in [3.05, 3.63) is 5.01 Å². The van der Waals surface area contributed by atoms with Gasteiger partial charge in [0.1, 0.15) is 0 Å². The number of aromatic nitrogens is 2. The lowest BCUT2D eigenvalue weighted by molar-refractivity contribution is -0.138. The Hall–Kier alpha value is -1.38. The van der Waals surface area contributed by atoms with Crippen LogP contribution in [0.1, 0.15) is 11.9 Å². The molecule has 1 aromatic heterocycles. The van der Waals surface area contributed by atoms with Gasteiger partial charge in [0.05, 0.1) is 0 Å². The van der Waals surface area contributed by atoms with Crippen molar-refractivity contribution in [2.75, 3.05) is 13.2 Å². The number of alkyl halides is 3. The van der Waals surface area contributed by atoms with Gasteiger partial charge in [0.15, 0.2) is 6.61 Å². The van der Waals surface area contributed by atoms with Crippen LogP contribution in [0.25, 0.3) is 0 Å². The number of rotatable bonds is 4. The second-order valence-electron chi connectivity index (χ2n) is 2.61. The Bertz CT molecular complexity index is 366. The lowest BCUT2D eigenvalue weighted by atomic mass is 10.6. The normalized spacial score (nSPS) is 11.2. The fourth-order valence-electron chi connectivity index (χ4n) is 0.758. The van der Waals surface area contributed by atoms with Crippen LogP contribution in [0.15, 0.2) is 0 Å². The van der Waals surface area contributed by atoms with Crippen LogP contribution in [0.5, 0.6) is 5.19 Å². The molecule has 0 fully saturated rings. The summed E-state index contributed by atoms with van der Waals surface area (Å²) >= 11 is 0.250. The van der Waals surface area contributed by atoms with Crippen LogP contribution < -0.4 is 10.1 Å². The first-order valence-corrected chi connectivity index (χ1v) is 5.05. The average molecular weight is 255 g/mol. The number of hydrogen-bond donors (Lipinski definition) is 1. The van der Waals surface area contributed by atoms with E-state index in [0.29, 0.717) is 6.54 Å². The number of hydrogen-bond acceptors (Lipinski definition) is 5. The highest BCUT2D eigenvalue weighted by atomic mass is 32.1. The summed E-state index contributed by atoms with van der Waals surface area (Å²) in [5.41, 5.74) is 0. The van der Waals surface area contributed by atoms with Crippen LogP contribution in [0.3, 0.4) is 0 Å². The highest BCUT2D eigenvalue weighted by molar-refractivity contribution is 7.13. The molecule has 0 aromatic carbocycles. The first kappa shape index (κ1) is 12.7. The van der Waals surface area contributed by atoms with Crippen LogP contribution in [0.4, 0.5) is 13.2 Å². The maximum atomic E-state index is 12.1. The molecule has 0 spiro atoms. The molecule has 5 nitrogen and oxygen atoms in total. The summed E-state index contributed by atoms with van der Waals surface area (Å²) in [5, 5.41) is 7.10. The molecule has 16 heavy (non-hydrogen) atoms. The first-order valence-electron chi connectivity index (χ1n) is 4.23. The Morgan fingerprint density at radius 3 is 2.69 bits per heavy atom. The average Bonchev–Trinajstić information content (AvgIpc) is 2.63. The summed E-state index contributed by atoms with van der Waals surface area (Å²) < 4.78 is 41.0. The predicted octanol–water partition coefficient (Wildman–Crippen LogP) is 1.07. The molecule has 0 aliphatic heterocycles. The largest absolute Gasteiger partial charge is 0.459 e. The highest BCUT2D eigenvalue weighted by Gasteiger charge is 2.36. The molecule has 0 aliphatic carbocycles. The number of nitrogens with zero attached hydrogens (tertiary/aromatic N) is 2. The van der Waals surface area contributed by atoms with Crippen molar-refractivity contribution in [2.24, 2.45) is 0 Å². The quantitative estimate of drug-likeness (QED) is 0.874. The van der Waals surface area contributed by atoms with Gasteiger partial charge in [0.2, 0.25) is 5.01 Å². The predicted molar refractivity (Wildman–Crippen MR) is 49.1 cm³/mol. The van der Waals surface area contributed by atoms with Crippen LogP contribution in [-0.2, 0) is 11.0 Å². The van der Waals surface area contributed by atoms with E-state index in [2.05, 4.69) is 15.5 Å². The monoisotopic (exact) mass is 255 g/mol. The van der Waals surface area contributed by atoms with E-state index in [-0.39, 0.29) is 23.1 Å². The smallest absolute Gasteiger partial charge is 0.445 e. The summed E-state index contributed by atoms with van der Waals surface area (Å²) in [6.07, 6.45) is -4.54. The minimum atomic E-state index is -4.54. The maximum absolute atomic E-state index is 12.1. The molecule has 0 unspecified atom stereocenters. The molecule has 0 saturated heterocycles. The molecular formula is C7H8F3N3O2S. The molecule has 0 aliphatic rings. The number of halogens is 3. The zero-order valence-electron chi connectivity index (χ0n) is 8.17. The third-order valence-electron chi connectivity index (χ3n) is 1.35. The minimum absolute atomic E-state index is 0.250. The van der Waals surface area contributed by atoms with Crippen molar-refractivity contribution in [1.82, 2.24) is 15.5 Å². The molecule has 1 heterocycles. The van der Waals surface area contributed by atoms with Crippen molar-refractivity contribution < 1.29 is 22.7 Å². The fraction of sp³-hybridized carbons (Fsp3) is 0.571. The Morgan fingerprint density at radius 1 is 1.50 bits per heavy atom. The van der Waals surface area contributed by atoms with Crippen LogP contribution in [0.2, 0.25) is 0 Å². The van der Waals surface area contributed by atoms with E-state index in [0.717, 1.165) is 0 Å². The first-order chi connectivity index (χ1) is 7.43. The molecule has 1 amide bonds. The number of carbonyl (C=O) groups excluding carboxylic acids is 1. The van der Waals surface area contributed by atoms with Crippen LogP contribution in [-0.4, -0.2) is 29.3 Å². The topological polar surface area (TPSA) is 64.1 Å². The van der Waals surface area contributed by atoms with Gasteiger partial charge in [-0.2, -0.15) is 13.2 Å². The number of carbonyl (C=O) groups is 1. The van der Waals surface area contributed by atoms with Crippen LogP contribution in [0, 0.1) is 0 Å². The molecule has 0 atom stereocenters. The Labute approximate surface area is 92.6 Å². The molecule has 9 heteroatoms. The SMILES string of the molecule is CCNC(=O)COc1nnc(C(F)(F)F)s1. The zero-order chi connectivity index (χ0) is 12.2. The third kappa shape index (κ3) is 3.65. The van der Waals surface area contributed by atoms with E-state index >= 15 is 0 Å². The van der Waals surface area contributed by atoms with E-state index in [9.17, 15) is 18.0 Å². The van der Waals surface area contributed by atoms with E-state index in [4.69, 9.17) is 4.74 Å². The van der Waals surface area contributed by atoms with Gasteiger partial charge >= 0.3 is 6.18 Å². The van der Waals surface area contributed by atoms with E-state index in [1.165, 1.54) is 0 Å². The van der Waals surface area contributed by atoms with Gasteiger partial charge in [-0.15, -0.1) is 5.10 Å². The van der Waals surface area contributed by atoms with Crippen molar-refractivity contribution in [1.29, 1.82) is 0 Å². The molecule has 0 saturated carbocycles. The molecular weight excluding hydrogens is 247 g/mol. The van der Waals surface area contributed by atoms with Gasteiger partial charge < -0.3 is 10.1 Å². The second kappa shape index (κ2) is 5.10. The third-order valence-corrected chi connectivity index (χ3v) is 2.23. The van der Waals surface area contributed by atoms with Gasteiger partial charge in [-0.1, -0.05) is 16.4 Å². The Kier molecular flexibility index (Phi) is 4.05. The molecule has 0 bridgehead atoms. The fourth-order valence-corrected chi connectivity index (χ4v) is 1.32. The van der Waals surface area contributed by atoms with E-state index in [1.54, 1.807) is 6.92 Å². The number of nitrogens with one attached hydrogen (secondary N) is 1. The summed E-state index contributed by atoms with van der Waals surface area (Å²) in [5.74, 6) is -0.425. The molecule has 0 radical (unpaired) electrons. The van der Waals surface area contributed by atoms with Gasteiger partial charge in [0, 0.05) is 6.54 Å². The van der Waals surface area contributed by atoms with Crippen molar-refractivity contribution >= 4 is 17.2 Å². The van der Waals surface area contributed by atoms with Crippen molar-refractivity contribution in [3.63, 3.8) is 0 Å². The Morgan fingerprint density at radius 2 is 2.19 bits per heavy atom. The molecule has 90 valence electrons. The van der Waals surface area contributed by atoms with Gasteiger partial charge in [-0.05, 0) is 6.92 Å². The molecule has 1 N–H and O–H groups in total. The Balaban J connectivity index is 2.50.